The lowest BCUT2D eigenvalue weighted by molar-refractivity contribution is 0.0936. The summed E-state index contributed by atoms with van der Waals surface area (Å²) < 4.78 is 1.40. The Kier molecular flexibility index (Phi) is 6.44. The van der Waals surface area contributed by atoms with Crippen LogP contribution in [0, 0.1) is 6.92 Å². The van der Waals surface area contributed by atoms with E-state index in [4.69, 9.17) is 0 Å². The van der Waals surface area contributed by atoms with E-state index >= 15 is 0 Å². The van der Waals surface area contributed by atoms with Gasteiger partial charge in [0.2, 0.25) is 0 Å². The van der Waals surface area contributed by atoms with Gasteiger partial charge in [-0.2, -0.15) is 5.10 Å². The van der Waals surface area contributed by atoms with Crippen LogP contribution in [-0.4, -0.2) is 74.2 Å². The monoisotopic (exact) mass is 512 g/mol. The molecule has 1 fully saturated rings. The molecule has 1 saturated heterocycles. The number of anilines is 3. The molecule has 0 unspecified atom stereocenters. The maximum Gasteiger partial charge on any atom is 0.272 e. The largest absolute Gasteiger partial charge is 0.385 e. The molecule has 0 aliphatic carbocycles. The summed E-state index contributed by atoms with van der Waals surface area (Å²) in [5.74, 6) is 4.23. The molecule has 2 aliphatic heterocycles. The summed E-state index contributed by atoms with van der Waals surface area (Å²) in [5, 5.41) is 21.8. The number of carbonyl (C=O) groups excluding carboxylic acids is 3. The highest BCUT2D eigenvalue weighted by Gasteiger charge is 2.29. The molecule has 3 N–H and O–H groups in total. The minimum Gasteiger partial charge on any atom is -0.385 e. The maximum absolute atomic E-state index is 13.2. The molecule has 2 aliphatic rings. The Morgan fingerprint density at radius 2 is 2.03 bits per heavy atom. The molecule has 13 nitrogen and oxygen atoms in total. The molecule has 0 saturated carbocycles. The van der Waals surface area contributed by atoms with Crippen LogP contribution in [0.25, 0.3) is 5.65 Å². The molecule has 192 valence electrons. The van der Waals surface area contributed by atoms with Crippen molar-refractivity contribution in [3.8, 4) is 0 Å². The van der Waals surface area contributed by atoms with Crippen LogP contribution in [0.15, 0.2) is 59.8 Å². The number of imidazole rings is 1. The number of allylic oxidation sites excluding steroid dienone is 2. The normalized spacial score (nSPS) is 16.8. The van der Waals surface area contributed by atoms with Gasteiger partial charge in [0.1, 0.15) is 11.6 Å². The highest BCUT2D eigenvalue weighted by Crippen LogP contribution is 2.27. The van der Waals surface area contributed by atoms with Crippen LogP contribution in [0.5, 0.6) is 0 Å². The van der Waals surface area contributed by atoms with E-state index in [9.17, 15) is 14.4 Å². The lowest BCUT2D eigenvalue weighted by Crippen LogP contribution is -2.36. The van der Waals surface area contributed by atoms with Gasteiger partial charge in [-0.1, -0.05) is 0 Å². The van der Waals surface area contributed by atoms with Gasteiger partial charge in [0.05, 0.1) is 29.3 Å². The summed E-state index contributed by atoms with van der Waals surface area (Å²) in [4.78, 5) is 44.2. The molecule has 0 radical (unpaired) electrons. The fourth-order valence-corrected chi connectivity index (χ4v) is 4.30. The van der Waals surface area contributed by atoms with Crippen molar-refractivity contribution >= 4 is 40.8 Å². The Balaban J connectivity index is 1.45. The van der Waals surface area contributed by atoms with Gasteiger partial charge in [-0.15, -0.1) is 10.2 Å². The van der Waals surface area contributed by atoms with Crippen LogP contribution < -0.4 is 20.9 Å². The van der Waals surface area contributed by atoms with Gasteiger partial charge in [0, 0.05) is 32.9 Å². The Morgan fingerprint density at radius 3 is 2.74 bits per heavy atom. The fraction of sp³-hybridized carbons (Fsp3) is 0.240. The average molecular weight is 513 g/mol. The number of likely N-dealkylation sites (N-methyl/N-ethyl adjacent to an activating group) is 1. The molecule has 13 heteroatoms. The molecule has 38 heavy (non-hydrogen) atoms. The van der Waals surface area contributed by atoms with E-state index in [0.29, 0.717) is 47.3 Å². The number of likely N-dealkylation sites (tertiary alicyclic amines) is 1. The molecule has 0 aromatic carbocycles. The third-order valence-corrected chi connectivity index (χ3v) is 6.26. The molecule has 5 rings (SSSR count). The Morgan fingerprint density at radius 1 is 1.18 bits per heavy atom. The molecular formula is C25H24N10O3. The molecule has 3 aromatic rings. The van der Waals surface area contributed by atoms with Crippen LogP contribution in [-0.2, 0) is 9.59 Å². The van der Waals surface area contributed by atoms with Gasteiger partial charge in [-0.25, -0.2) is 19.1 Å². The second kappa shape index (κ2) is 10.0. The zero-order chi connectivity index (χ0) is 26.8. The van der Waals surface area contributed by atoms with Crippen molar-refractivity contribution in [1.82, 2.24) is 35.0 Å². The van der Waals surface area contributed by atoms with Crippen LogP contribution in [0.2, 0.25) is 0 Å². The van der Waals surface area contributed by atoms with E-state index in [1.165, 1.54) is 10.7 Å². The molecule has 3 aromatic heterocycles. The van der Waals surface area contributed by atoms with Gasteiger partial charge in [-0.3, -0.25) is 9.69 Å². The number of aromatic nitrogens is 5. The van der Waals surface area contributed by atoms with Gasteiger partial charge in [-0.05, 0) is 37.6 Å². The van der Waals surface area contributed by atoms with E-state index in [-0.39, 0.29) is 11.4 Å². The summed E-state index contributed by atoms with van der Waals surface area (Å²) >= 11 is 0. The number of nitrogens with zero attached hydrogens (tertiary/aromatic N) is 7. The molecule has 1 atom stereocenters. The second-order valence-corrected chi connectivity index (χ2v) is 8.70. The summed E-state index contributed by atoms with van der Waals surface area (Å²) in [6.45, 7) is 2.46. The number of hydrogen-bond donors (Lipinski definition) is 3. The minimum atomic E-state index is -0.448. The predicted molar refractivity (Wildman–Crippen MR) is 140 cm³/mol. The highest BCUT2D eigenvalue weighted by molar-refractivity contribution is 5.94. The first-order valence-electron chi connectivity index (χ1n) is 11.8. The Hall–Kier alpha value is -5.25. The van der Waals surface area contributed by atoms with E-state index in [1.54, 1.807) is 60.4 Å². The molecule has 0 spiro atoms. The second-order valence-electron chi connectivity index (χ2n) is 8.70. The van der Waals surface area contributed by atoms with Crippen LogP contribution >= 0.6 is 0 Å². The number of aryl methyl sites for hydroxylation is 1. The molecular weight excluding hydrogens is 488 g/mol. The zero-order valence-electron chi connectivity index (χ0n) is 20.9. The summed E-state index contributed by atoms with van der Waals surface area (Å²) in [6.07, 6.45) is 7.14. The van der Waals surface area contributed by atoms with Crippen molar-refractivity contribution in [2.45, 2.75) is 19.4 Å². The highest BCUT2D eigenvalue weighted by atomic mass is 16.2. The SMILES string of the molecule is CNc1cc(NC2=CC=CN(c3ccc(C)nn3)C2=C=O)nn2c(C(=O)N[C@@H]3CCN(C)C3=C=O)cnc12. The third-order valence-electron chi connectivity index (χ3n) is 6.26. The quantitative estimate of drug-likeness (QED) is 0.407. The third kappa shape index (κ3) is 4.39. The smallest absolute Gasteiger partial charge is 0.272 e. The van der Waals surface area contributed by atoms with Crippen LogP contribution in [0.3, 0.4) is 0 Å². The van der Waals surface area contributed by atoms with Crippen molar-refractivity contribution in [3.63, 3.8) is 0 Å². The summed E-state index contributed by atoms with van der Waals surface area (Å²) in [7, 11) is 3.50. The van der Waals surface area contributed by atoms with Gasteiger partial charge >= 0.3 is 0 Å². The number of carbonyl (C=O) groups is 1. The first-order valence-corrected chi connectivity index (χ1v) is 11.8. The minimum absolute atomic E-state index is 0.181. The molecule has 5 heterocycles. The standard InChI is InChI=1S/C25H24N10O3/c1-15-6-7-23(31-30-15)34-9-4-5-16(21(34)14-37)28-22-11-18(26-2)24-27-12-19(35(24)32-22)25(38)29-17-8-10-33(3)20(17)13-36/h4-7,9,11-12,17,26H,8,10H2,1-3H3,(H,28,32)(H,29,38)/t17-/m1/s1. The van der Waals surface area contributed by atoms with E-state index in [1.807, 2.05) is 18.8 Å². The lowest BCUT2D eigenvalue weighted by atomic mass is 10.2. The zero-order valence-corrected chi connectivity index (χ0v) is 20.9. The number of fused-ring (bicyclic) bond motifs is 1. The molecule has 1 amide bonds. The van der Waals surface area contributed by atoms with Crippen molar-refractivity contribution < 1.29 is 14.4 Å². The average Bonchev–Trinajstić information content (AvgIpc) is 3.51. The van der Waals surface area contributed by atoms with Crippen molar-refractivity contribution in [2.24, 2.45) is 0 Å². The van der Waals surface area contributed by atoms with Crippen molar-refractivity contribution in [1.29, 1.82) is 0 Å². The first-order chi connectivity index (χ1) is 18.4. The molecule has 0 bridgehead atoms. The van der Waals surface area contributed by atoms with Gasteiger partial charge in [0.15, 0.2) is 34.6 Å². The Labute approximate surface area is 217 Å². The number of nitrogens with one attached hydrogen (secondary N) is 3. The van der Waals surface area contributed by atoms with Crippen LogP contribution in [0.4, 0.5) is 17.3 Å². The first kappa shape index (κ1) is 24.4. The summed E-state index contributed by atoms with van der Waals surface area (Å²) in [5.41, 5.74) is 2.95. The number of rotatable bonds is 6. The van der Waals surface area contributed by atoms with Crippen molar-refractivity contribution in [3.05, 3.63) is 71.2 Å². The predicted octanol–water partition coefficient (Wildman–Crippen LogP) is 1.06. The van der Waals surface area contributed by atoms with E-state index in [0.717, 1.165) is 5.69 Å². The van der Waals surface area contributed by atoms with Crippen molar-refractivity contribution in [2.75, 3.05) is 36.2 Å². The topological polar surface area (TPSA) is 150 Å². The van der Waals surface area contributed by atoms with Gasteiger partial charge < -0.3 is 20.9 Å². The number of amides is 1. The Bertz CT molecular complexity index is 1580. The lowest BCUT2D eigenvalue weighted by Gasteiger charge is -2.24. The van der Waals surface area contributed by atoms with Gasteiger partial charge in [0.25, 0.3) is 5.91 Å². The number of hydrogen-bond acceptors (Lipinski definition) is 11. The van der Waals surface area contributed by atoms with E-state index in [2.05, 4.69) is 36.2 Å². The summed E-state index contributed by atoms with van der Waals surface area (Å²) in [6, 6.07) is 4.80. The maximum atomic E-state index is 13.2. The fourth-order valence-electron chi connectivity index (χ4n) is 4.30. The van der Waals surface area contributed by atoms with E-state index < -0.39 is 11.9 Å². The van der Waals surface area contributed by atoms with Crippen LogP contribution in [0.1, 0.15) is 22.6 Å².